The monoisotopic (exact) mass is 263 g/mol. The Balaban J connectivity index is 2.18. The zero-order valence-electron chi connectivity index (χ0n) is 11.5. The topological polar surface area (TPSA) is 67.6 Å². The summed E-state index contributed by atoms with van der Waals surface area (Å²) < 4.78 is 5.20. The van der Waals surface area contributed by atoms with Crippen LogP contribution in [0.4, 0.5) is 11.4 Å². The minimum atomic E-state index is -0.0890. The smallest absolute Gasteiger partial charge is 0.251 e. The van der Waals surface area contributed by atoms with Gasteiger partial charge in [0.1, 0.15) is 0 Å². The van der Waals surface area contributed by atoms with E-state index in [1.54, 1.807) is 26.3 Å². The number of ether oxygens (including phenoxy) is 1. The fourth-order valence-electron chi connectivity index (χ4n) is 2.53. The van der Waals surface area contributed by atoms with Gasteiger partial charge in [-0.1, -0.05) is 0 Å². The number of rotatable bonds is 4. The molecule has 3 N–H and O–H groups in total. The van der Waals surface area contributed by atoms with Gasteiger partial charge in [0.05, 0.1) is 18.0 Å². The van der Waals surface area contributed by atoms with E-state index in [4.69, 9.17) is 10.5 Å². The molecule has 1 aliphatic heterocycles. The Kier molecular flexibility index (Phi) is 4.27. The lowest BCUT2D eigenvalue weighted by atomic mass is 10.1. The summed E-state index contributed by atoms with van der Waals surface area (Å²) in [5, 5.41) is 2.63. The molecule has 5 nitrogen and oxygen atoms in total. The van der Waals surface area contributed by atoms with Gasteiger partial charge in [0.15, 0.2) is 0 Å². The Hall–Kier alpha value is -1.75. The number of hydrogen-bond donors (Lipinski definition) is 2. The minimum absolute atomic E-state index is 0.0890. The molecule has 1 aromatic rings. The van der Waals surface area contributed by atoms with Crippen molar-refractivity contribution in [2.45, 2.75) is 6.42 Å². The lowest BCUT2D eigenvalue weighted by molar-refractivity contribution is 0.0963. The molecule has 0 spiro atoms. The Morgan fingerprint density at radius 2 is 2.37 bits per heavy atom. The van der Waals surface area contributed by atoms with E-state index in [1.165, 1.54) is 0 Å². The van der Waals surface area contributed by atoms with Gasteiger partial charge in [0.25, 0.3) is 5.91 Å². The number of carbonyl (C=O) groups is 1. The zero-order chi connectivity index (χ0) is 13.8. The van der Waals surface area contributed by atoms with Crippen LogP contribution >= 0.6 is 0 Å². The lowest BCUT2D eigenvalue weighted by Gasteiger charge is -2.21. The van der Waals surface area contributed by atoms with Crippen LogP contribution in [-0.2, 0) is 4.74 Å². The first-order valence-electron chi connectivity index (χ1n) is 6.51. The molecule has 0 bridgehead atoms. The number of anilines is 2. The fraction of sp³-hybridized carbons (Fsp3) is 0.500. The van der Waals surface area contributed by atoms with Gasteiger partial charge in [-0.05, 0) is 24.6 Å². The predicted octanol–water partition coefficient (Wildman–Crippen LogP) is 1.10. The molecule has 1 saturated heterocycles. The van der Waals surface area contributed by atoms with Gasteiger partial charge in [-0.15, -0.1) is 0 Å². The molecule has 0 aromatic heterocycles. The first-order chi connectivity index (χ1) is 9.15. The zero-order valence-corrected chi connectivity index (χ0v) is 11.5. The second-order valence-corrected chi connectivity index (χ2v) is 4.91. The maximum Gasteiger partial charge on any atom is 0.251 e. The number of nitrogens with one attached hydrogen (secondary N) is 1. The van der Waals surface area contributed by atoms with E-state index in [0.717, 1.165) is 31.8 Å². The van der Waals surface area contributed by atoms with Gasteiger partial charge in [-0.3, -0.25) is 4.79 Å². The van der Waals surface area contributed by atoms with Crippen LogP contribution in [0.3, 0.4) is 0 Å². The van der Waals surface area contributed by atoms with Crippen LogP contribution in [0.1, 0.15) is 16.8 Å². The van der Waals surface area contributed by atoms with E-state index >= 15 is 0 Å². The maximum absolute atomic E-state index is 11.7. The van der Waals surface area contributed by atoms with Crippen molar-refractivity contribution in [3.8, 4) is 0 Å². The van der Waals surface area contributed by atoms with E-state index in [1.807, 2.05) is 6.07 Å². The number of methoxy groups -OCH3 is 1. The van der Waals surface area contributed by atoms with Crippen molar-refractivity contribution in [3.63, 3.8) is 0 Å². The van der Waals surface area contributed by atoms with Crippen molar-refractivity contribution in [2.24, 2.45) is 5.92 Å². The number of hydrogen-bond acceptors (Lipinski definition) is 4. The van der Waals surface area contributed by atoms with E-state index in [0.29, 0.717) is 17.2 Å². The standard InChI is InChI=1S/C14H21N3O2/c1-16-14(18)11-3-4-12(15)13(7-11)17-6-5-10(8-17)9-19-2/h3-4,7,10H,5-6,8-9,15H2,1-2H3,(H,16,18). The first-order valence-corrected chi connectivity index (χ1v) is 6.51. The molecule has 1 amide bonds. The number of benzene rings is 1. The lowest BCUT2D eigenvalue weighted by Crippen LogP contribution is -2.23. The van der Waals surface area contributed by atoms with Gasteiger partial charge >= 0.3 is 0 Å². The Labute approximate surface area is 113 Å². The normalized spacial score (nSPS) is 18.6. The van der Waals surface area contributed by atoms with Gasteiger partial charge in [0.2, 0.25) is 0 Å². The molecule has 1 atom stereocenters. The maximum atomic E-state index is 11.7. The highest BCUT2D eigenvalue weighted by Crippen LogP contribution is 2.29. The van der Waals surface area contributed by atoms with Crippen LogP contribution in [-0.4, -0.2) is 39.8 Å². The summed E-state index contributed by atoms with van der Waals surface area (Å²) in [6, 6.07) is 5.41. The molecule has 104 valence electrons. The molecule has 0 saturated carbocycles. The van der Waals surface area contributed by atoms with Gasteiger partial charge in [-0.25, -0.2) is 0 Å². The summed E-state index contributed by atoms with van der Waals surface area (Å²) in [4.78, 5) is 13.9. The van der Waals surface area contributed by atoms with Crippen LogP contribution in [0.2, 0.25) is 0 Å². The number of amides is 1. The molecule has 1 aliphatic rings. The molecule has 1 heterocycles. The van der Waals surface area contributed by atoms with E-state index in [2.05, 4.69) is 10.2 Å². The van der Waals surface area contributed by atoms with E-state index in [-0.39, 0.29) is 5.91 Å². The van der Waals surface area contributed by atoms with E-state index in [9.17, 15) is 4.79 Å². The van der Waals surface area contributed by atoms with Gasteiger partial charge in [-0.2, -0.15) is 0 Å². The predicted molar refractivity (Wildman–Crippen MR) is 76.4 cm³/mol. The fourth-order valence-corrected chi connectivity index (χ4v) is 2.53. The third-order valence-electron chi connectivity index (χ3n) is 3.55. The van der Waals surface area contributed by atoms with Gasteiger partial charge in [0, 0.05) is 38.7 Å². The van der Waals surface area contributed by atoms with Crippen molar-refractivity contribution in [3.05, 3.63) is 23.8 Å². The molecule has 0 radical (unpaired) electrons. The highest BCUT2D eigenvalue weighted by Gasteiger charge is 2.24. The minimum Gasteiger partial charge on any atom is -0.397 e. The summed E-state index contributed by atoms with van der Waals surface area (Å²) in [5.41, 5.74) is 8.32. The van der Waals surface area contributed by atoms with Crippen molar-refractivity contribution in [1.82, 2.24) is 5.32 Å². The average molecular weight is 263 g/mol. The van der Waals surface area contributed by atoms with Crippen LogP contribution in [0.25, 0.3) is 0 Å². The molecular weight excluding hydrogens is 242 g/mol. The molecule has 1 unspecified atom stereocenters. The quantitative estimate of drug-likeness (QED) is 0.798. The number of nitrogens with zero attached hydrogens (tertiary/aromatic N) is 1. The number of nitrogens with two attached hydrogens (primary N) is 1. The molecule has 5 heteroatoms. The van der Waals surface area contributed by atoms with Crippen molar-refractivity contribution in [2.75, 3.05) is 44.5 Å². The van der Waals surface area contributed by atoms with Gasteiger partial charge < -0.3 is 20.7 Å². The third-order valence-corrected chi connectivity index (χ3v) is 3.55. The summed E-state index contributed by atoms with van der Waals surface area (Å²) >= 11 is 0. The van der Waals surface area contributed by atoms with Crippen LogP contribution in [0.5, 0.6) is 0 Å². The molecule has 19 heavy (non-hydrogen) atoms. The summed E-state index contributed by atoms with van der Waals surface area (Å²) in [6.45, 7) is 2.65. The van der Waals surface area contributed by atoms with Crippen molar-refractivity contribution < 1.29 is 9.53 Å². The SMILES string of the molecule is CNC(=O)c1ccc(N)c(N2CCC(COC)C2)c1. The van der Waals surface area contributed by atoms with Crippen molar-refractivity contribution in [1.29, 1.82) is 0 Å². The average Bonchev–Trinajstić information content (AvgIpc) is 2.87. The summed E-state index contributed by atoms with van der Waals surface area (Å²) in [5.74, 6) is 0.446. The second kappa shape index (κ2) is 5.93. The molecular formula is C14H21N3O2. The van der Waals surface area contributed by atoms with E-state index < -0.39 is 0 Å². The second-order valence-electron chi connectivity index (χ2n) is 4.91. The highest BCUT2D eigenvalue weighted by molar-refractivity contribution is 5.96. The first kappa shape index (κ1) is 13.7. The Morgan fingerprint density at radius 1 is 1.58 bits per heavy atom. The molecule has 1 aromatic carbocycles. The summed E-state index contributed by atoms with van der Waals surface area (Å²) in [6.07, 6.45) is 1.09. The number of carbonyl (C=O) groups excluding carboxylic acids is 1. The third kappa shape index (κ3) is 2.98. The van der Waals surface area contributed by atoms with Crippen LogP contribution in [0.15, 0.2) is 18.2 Å². The molecule has 2 rings (SSSR count). The molecule has 0 aliphatic carbocycles. The number of nitrogen functional groups attached to an aromatic ring is 1. The molecule has 1 fully saturated rings. The van der Waals surface area contributed by atoms with Crippen LogP contribution in [0, 0.1) is 5.92 Å². The largest absolute Gasteiger partial charge is 0.397 e. The van der Waals surface area contributed by atoms with Crippen LogP contribution < -0.4 is 16.0 Å². The Morgan fingerprint density at radius 3 is 3.05 bits per heavy atom. The Bertz CT molecular complexity index is 462. The van der Waals surface area contributed by atoms with Crippen molar-refractivity contribution >= 4 is 17.3 Å². The highest BCUT2D eigenvalue weighted by atomic mass is 16.5. The summed E-state index contributed by atoms with van der Waals surface area (Å²) in [7, 11) is 3.35.